The molecule has 7 heteroatoms. The van der Waals surface area contributed by atoms with Gasteiger partial charge in [-0.15, -0.1) is 0 Å². The van der Waals surface area contributed by atoms with Gasteiger partial charge >= 0.3 is 0 Å². The standard InChI is InChI=1S/C25H35N7/c1-2-31-17-21(14-26-31)15-28-12-13-30(16-20-8-9-20)23(19-28)22-18-32-24(27-22)6-5-7-25(32)29-10-3-4-11-29/h5-7,14,17-18,20,23H,2-4,8-13,15-16,19H2,1H3. The molecule has 0 bridgehead atoms. The highest BCUT2D eigenvalue weighted by molar-refractivity contribution is 5.53. The van der Waals surface area contributed by atoms with Crippen LogP contribution in [0, 0.1) is 5.92 Å². The second-order valence-corrected chi connectivity index (χ2v) is 9.87. The number of pyridine rings is 1. The van der Waals surface area contributed by atoms with Gasteiger partial charge in [-0.3, -0.25) is 18.9 Å². The van der Waals surface area contributed by atoms with Gasteiger partial charge in [0.05, 0.1) is 17.9 Å². The Labute approximate surface area is 190 Å². The fourth-order valence-electron chi connectivity index (χ4n) is 5.45. The van der Waals surface area contributed by atoms with Crippen molar-refractivity contribution in [3.63, 3.8) is 0 Å². The van der Waals surface area contributed by atoms with E-state index < -0.39 is 0 Å². The highest BCUT2D eigenvalue weighted by Crippen LogP contribution is 2.35. The summed E-state index contributed by atoms with van der Waals surface area (Å²) in [6.45, 7) is 10.9. The van der Waals surface area contributed by atoms with Gasteiger partial charge in [0.1, 0.15) is 11.5 Å². The summed E-state index contributed by atoms with van der Waals surface area (Å²) in [7, 11) is 0. The maximum absolute atomic E-state index is 5.16. The van der Waals surface area contributed by atoms with Crippen LogP contribution in [0.5, 0.6) is 0 Å². The first-order chi connectivity index (χ1) is 15.8. The van der Waals surface area contributed by atoms with Gasteiger partial charge in [0.25, 0.3) is 0 Å². The molecule has 1 unspecified atom stereocenters. The van der Waals surface area contributed by atoms with Crippen LogP contribution in [0.25, 0.3) is 5.65 Å². The van der Waals surface area contributed by atoms with Gasteiger partial charge in [-0.05, 0) is 50.7 Å². The number of fused-ring (bicyclic) bond motifs is 1. The van der Waals surface area contributed by atoms with Crippen molar-refractivity contribution >= 4 is 11.5 Å². The highest BCUT2D eigenvalue weighted by Gasteiger charge is 2.34. The van der Waals surface area contributed by atoms with Crippen LogP contribution in [0.1, 0.15) is 49.9 Å². The average molecular weight is 434 g/mol. The molecule has 5 heterocycles. The van der Waals surface area contributed by atoms with Crippen molar-refractivity contribution in [2.45, 2.75) is 51.7 Å². The highest BCUT2D eigenvalue weighted by atomic mass is 15.3. The van der Waals surface area contributed by atoms with Crippen LogP contribution < -0.4 is 4.90 Å². The van der Waals surface area contributed by atoms with E-state index in [4.69, 9.17) is 4.98 Å². The SMILES string of the molecule is CCn1cc(CN2CCN(CC3CC3)C(c3cn4c(N5CCCC5)cccc4n3)C2)cn1. The van der Waals surface area contributed by atoms with E-state index in [-0.39, 0.29) is 0 Å². The molecule has 0 radical (unpaired) electrons. The molecule has 2 aliphatic heterocycles. The molecular formula is C25H35N7. The summed E-state index contributed by atoms with van der Waals surface area (Å²) in [4.78, 5) is 13.0. The third-order valence-corrected chi connectivity index (χ3v) is 7.44. The number of aromatic nitrogens is 4. The van der Waals surface area contributed by atoms with E-state index >= 15 is 0 Å². The Morgan fingerprint density at radius 3 is 2.69 bits per heavy atom. The number of hydrogen-bond acceptors (Lipinski definition) is 5. The molecule has 32 heavy (non-hydrogen) atoms. The summed E-state index contributed by atoms with van der Waals surface area (Å²) in [5.41, 5.74) is 3.62. The Bertz CT molecular complexity index is 1060. The monoisotopic (exact) mass is 433 g/mol. The van der Waals surface area contributed by atoms with Gasteiger partial charge in [-0.1, -0.05) is 6.07 Å². The second-order valence-electron chi connectivity index (χ2n) is 9.87. The molecular weight excluding hydrogens is 398 g/mol. The molecule has 2 saturated heterocycles. The molecule has 3 aromatic rings. The fourth-order valence-corrected chi connectivity index (χ4v) is 5.45. The number of nitrogens with zero attached hydrogens (tertiary/aromatic N) is 7. The van der Waals surface area contributed by atoms with Crippen LogP contribution in [0.4, 0.5) is 5.82 Å². The summed E-state index contributed by atoms with van der Waals surface area (Å²) in [5, 5.41) is 4.48. The minimum Gasteiger partial charge on any atom is -0.358 e. The Hall–Kier alpha value is -2.38. The second kappa shape index (κ2) is 8.52. The quantitative estimate of drug-likeness (QED) is 0.571. The molecule has 0 N–H and O–H groups in total. The Balaban J connectivity index is 1.27. The Kier molecular flexibility index (Phi) is 5.39. The van der Waals surface area contributed by atoms with Crippen molar-refractivity contribution in [1.82, 2.24) is 29.0 Å². The smallest absolute Gasteiger partial charge is 0.138 e. The molecule has 170 valence electrons. The van der Waals surface area contributed by atoms with Gasteiger partial charge in [-0.25, -0.2) is 4.98 Å². The molecule has 0 spiro atoms. The number of hydrogen-bond donors (Lipinski definition) is 0. The van der Waals surface area contributed by atoms with Crippen LogP contribution in [-0.2, 0) is 13.1 Å². The van der Waals surface area contributed by atoms with Crippen LogP contribution in [0.3, 0.4) is 0 Å². The number of imidazole rings is 1. The van der Waals surface area contributed by atoms with E-state index in [0.717, 1.165) is 57.4 Å². The topological polar surface area (TPSA) is 44.8 Å². The predicted molar refractivity (Wildman–Crippen MR) is 127 cm³/mol. The predicted octanol–water partition coefficient (Wildman–Crippen LogP) is 3.42. The molecule has 0 aromatic carbocycles. The van der Waals surface area contributed by atoms with Gasteiger partial charge in [0.2, 0.25) is 0 Å². The van der Waals surface area contributed by atoms with E-state index in [1.807, 2.05) is 10.9 Å². The summed E-state index contributed by atoms with van der Waals surface area (Å²) >= 11 is 0. The summed E-state index contributed by atoms with van der Waals surface area (Å²) < 4.78 is 4.36. The molecule has 0 amide bonds. The van der Waals surface area contributed by atoms with E-state index in [0.29, 0.717) is 6.04 Å². The first-order valence-electron chi connectivity index (χ1n) is 12.5. The zero-order chi connectivity index (χ0) is 21.5. The molecule has 1 atom stereocenters. The van der Waals surface area contributed by atoms with E-state index in [9.17, 15) is 0 Å². The van der Waals surface area contributed by atoms with E-state index in [2.05, 4.69) is 61.7 Å². The maximum atomic E-state index is 5.16. The first-order valence-corrected chi connectivity index (χ1v) is 12.5. The van der Waals surface area contributed by atoms with Crippen molar-refractivity contribution in [2.75, 3.05) is 44.2 Å². The first kappa shape index (κ1) is 20.2. The zero-order valence-corrected chi connectivity index (χ0v) is 19.2. The molecule has 1 saturated carbocycles. The lowest BCUT2D eigenvalue weighted by Gasteiger charge is -2.40. The lowest BCUT2D eigenvalue weighted by atomic mass is 10.1. The lowest BCUT2D eigenvalue weighted by Crippen LogP contribution is -2.48. The minimum absolute atomic E-state index is 0.358. The summed E-state index contributed by atoms with van der Waals surface area (Å²) in [5.74, 6) is 2.19. The maximum Gasteiger partial charge on any atom is 0.138 e. The normalized spacial score (nSPS) is 22.9. The molecule has 1 aliphatic carbocycles. The number of anilines is 1. The van der Waals surface area contributed by atoms with Crippen LogP contribution >= 0.6 is 0 Å². The van der Waals surface area contributed by atoms with Crippen molar-refractivity contribution in [3.8, 4) is 0 Å². The van der Waals surface area contributed by atoms with Crippen LogP contribution in [0.15, 0.2) is 36.8 Å². The minimum atomic E-state index is 0.358. The van der Waals surface area contributed by atoms with Gasteiger partial charge in [0.15, 0.2) is 0 Å². The van der Waals surface area contributed by atoms with Crippen LogP contribution in [-0.4, -0.2) is 68.2 Å². The average Bonchev–Trinajstić information content (AvgIpc) is 3.22. The van der Waals surface area contributed by atoms with Crippen molar-refractivity contribution in [2.24, 2.45) is 5.92 Å². The summed E-state index contributed by atoms with van der Waals surface area (Å²) in [6, 6.07) is 6.94. The molecule has 7 nitrogen and oxygen atoms in total. The largest absolute Gasteiger partial charge is 0.358 e. The van der Waals surface area contributed by atoms with Gasteiger partial charge in [0, 0.05) is 70.3 Å². The van der Waals surface area contributed by atoms with Crippen molar-refractivity contribution in [1.29, 1.82) is 0 Å². The van der Waals surface area contributed by atoms with Crippen LogP contribution in [0.2, 0.25) is 0 Å². The third kappa shape index (κ3) is 4.04. The zero-order valence-electron chi connectivity index (χ0n) is 19.2. The molecule has 3 aliphatic rings. The summed E-state index contributed by atoms with van der Waals surface area (Å²) in [6.07, 6.45) is 11.9. The number of piperazine rings is 1. The van der Waals surface area contributed by atoms with E-state index in [1.165, 1.54) is 49.3 Å². The van der Waals surface area contributed by atoms with Gasteiger partial charge < -0.3 is 4.90 Å². The van der Waals surface area contributed by atoms with Gasteiger partial charge in [-0.2, -0.15) is 5.10 Å². The molecule has 3 fully saturated rings. The third-order valence-electron chi connectivity index (χ3n) is 7.44. The lowest BCUT2D eigenvalue weighted by molar-refractivity contribution is 0.0640. The number of aryl methyl sites for hydroxylation is 1. The van der Waals surface area contributed by atoms with Crippen molar-refractivity contribution < 1.29 is 0 Å². The fraction of sp³-hybridized carbons (Fsp3) is 0.600. The Morgan fingerprint density at radius 2 is 1.91 bits per heavy atom. The number of rotatable bonds is 7. The molecule has 3 aromatic heterocycles. The Morgan fingerprint density at radius 1 is 1.03 bits per heavy atom. The van der Waals surface area contributed by atoms with E-state index in [1.54, 1.807) is 0 Å². The molecule has 6 rings (SSSR count). The van der Waals surface area contributed by atoms with Crippen molar-refractivity contribution in [3.05, 3.63) is 48.0 Å².